The van der Waals surface area contributed by atoms with Crippen LogP contribution in [0.1, 0.15) is 16.2 Å². The molecule has 23 heavy (non-hydrogen) atoms. The lowest BCUT2D eigenvalue weighted by molar-refractivity contribution is 0.0999. The summed E-state index contributed by atoms with van der Waals surface area (Å²) in [4.78, 5) is 17.0. The number of hydrogen-bond acceptors (Lipinski definition) is 3. The summed E-state index contributed by atoms with van der Waals surface area (Å²) in [5.74, 6) is 0.00728. The zero-order valence-corrected chi connectivity index (χ0v) is 12.5. The van der Waals surface area contributed by atoms with Crippen LogP contribution in [0.15, 0.2) is 65.1 Å². The van der Waals surface area contributed by atoms with Gasteiger partial charge in [0.15, 0.2) is 5.76 Å². The second-order valence-electron chi connectivity index (χ2n) is 5.43. The summed E-state index contributed by atoms with van der Waals surface area (Å²) >= 11 is 0. The van der Waals surface area contributed by atoms with Crippen LogP contribution in [-0.2, 0) is 0 Å². The molecular formula is C19H14N2O2. The molecule has 2 aromatic carbocycles. The molecule has 0 fully saturated rings. The quantitative estimate of drug-likeness (QED) is 0.591. The number of nitrogens with one attached hydrogen (secondary N) is 1. The highest BCUT2D eigenvalue weighted by Gasteiger charge is 2.14. The summed E-state index contributed by atoms with van der Waals surface area (Å²) in [5, 5.41) is 4.79. The molecule has 0 saturated carbocycles. The monoisotopic (exact) mass is 302 g/mol. The Morgan fingerprint density at radius 1 is 1.00 bits per heavy atom. The molecule has 0 saturated heterocycles. The number of anilines is 1. The molecule has 0 bridgehead atoms. The van der Waals surface area contributed by atoms with Crippen molar-refractivity contribution < 1.29 is 9.21 Å². The number of para-hydroxylation sites is 2. The lowest BCUT2D eigenvalue weighted by Crippen LogP contribution is -2.11. The maximum absolute atomic E-state index is 12.5. The number of amides is 1. The molecule has 4 nitrogen and oxygen atoms in total. The van der Waals surface area contributed by atoms with Gasteiger partial charge in [-0.15, -0.1) is 0 Å². The van der Waals surface area contributed by atoms with E-state index in [4.69, 9.17) is 4.42 Å². The molecule has 0 unspecified atom stereocenters. The predicted molar refractivity (Wildman–Crippen MR) is 90.6 cm³/mol. The third kappa shape index (κ3) is 2.44. The fourth-order valence-electron chi connectivity index (χ4n) is 2.62. The van der Waals surface area contributed by atoms with Gasteiger partial charge in [0.2, 0.25) is 0 Å². The van der Waals surface area contributed by atoms with Crippen LogP contribution in [-0.4, -0.2) is 10.9 Å². The van der Waals surface area contributed by atoms with Gasteiger partial charge in [0.25, 0.3) is 5.91 Å². The summed E-state index contributed by atoms with van der Waals surface area (Å²) < 4.78 is 5.61. The minimum absolute atomic E-state index is 0.281. The van der Waals surface area contributed by atoms with E-state index in [0.717, 1.165) is 22.0 Å². The number of pyridine rings is 1. The first-order valence-corrected chi connectivity index (χ1v) is 7.37. The molecule has 0 radical (unpaired) electrons. The Bertz CT molecular complexity index is 1000. The fraction of sp³-hybridized carbons (Fsp3) is 0.0526. The van der Waals surface area contributed by atoms with Crippen LogP contribution < -0.4 is 5.32 Å². The molecule has 0 aliphatic heterocycles. The predicted octanol–water partition coefficient (Wildman–Crippen LogP) is 4.54. The number of rotatable bonds is 2. The minimum atomic E-state index is -0.281. The Labute approximate surface area is 132 Å². The van der Waals surface area contributed by atoms with Crippen LogP contribution in [0.3, 0.4) is 0 Å². The summed E-state index contributed by atoms with van der Waals surface area (Å²) in [6.45, 7) is 1.93. The van der Waals surface area contributed by atoms with Gasteiger partial charge in [0.05, 0.1) is 11.2 Å². The normalized spacial score (nSPS) is 11.0. The van der Waals surface area contributed by atoms with Crippen molar-refractivity contribution in [2.24, 2.45) is 0 Å². The Kier molecular flexibility index (Phi) is 3.08. The van der Waals surface area contributed by atoms with Crippen molar-refractivity contribution in [2.75, 3.05) is 5.32 Å². The number of aromatic nitrogens is 1. The molecule has 112 valence electrons. The second-order valence-corrected chi connectivity index (χ2v) is 5.43. The van der Waals surface area contributed by atoms with Crippen molar-refractivity contribution in [3.63, 3.8) is 0 Å². The van der Waals surface area contributed by atoms with E-state index >= 15 is 0 Å². The van der Waals surface area contributed by atoms with Gasteiger partial charge in [-0.05, 0) is 31.2 Å². The molecule has 0 atom stereocenters. The van der Waals surface area contributed by atoms with Gasteiger partial charge in [-0.1, -0.05) is 36.4 Å². The minimum Gasteiger partial charge on any atom is -0.451 e. The van der Waals surface area contributed by atoms with Crippen LogP contribution in [0.2, 0.25) is 0 Å². The number of furan rings is 1. The van der Waals surface area contributed by atoms with Gasteiger partial charge in [0, 0.05) is 16.5 Å². The molecule has 2 heterocycles. The van der Waals surface area contributed by atoms with Gasteiger partial charge in [0.1, 0.15) is 5.58 Å². The van der Waals surface area contributed by atoms with Crippen molar-refractivity contribution in [3.8, 4) is 0 Å². The first kappa shape index (κ1) is 13.5. The van der Waals surface area contributed by atoms with E-state index in [1.165, 1.54) is 0 Å². The van der Waals surface area contributed by atoms with E-state index in [9.17, 15) is 4.79 Å². The number of nitrogens with zero attached hydrogens (tertiary/aromatic N) is 1. The van der Waals surface area contributed by atoms with E-state index in [1.54, 1.807) is 6.07 Å². The van der Waals surface area contributed by atoms with Gasteiger partial charge in [-0.3, -0.25) is 9.78 Å². The highest BCUT2D eigenvalue weighted by molar-refractivity contribution is 6.08. The SMILES string of the molecule is Cc1ccc2cccc(NC(=O)c3cc4ccccc4o3)c2n1. The molecule has 0 aliphatic carbocycles. The van der Waals surface area contributed by atoms with E-state index in [2.05, 4.69) is 10.3 Å². The zero-order valence-electron chi connectivity index (χ0n) is 12.5. The maximum atomic E-state index is 12.5. The largest absolute Gasteiger partial charge is 0.451 e. The van der Waals surface area contributed by atoms with Crippen LogP contribution in [0, 0.1) is 6.92 Å². The van der Waals surface area contributed by atoms with Crippen LogP contribution in [0.4, 0.5) is 5.69 Å². The number of fused-ring (bicyclic) bond motifs is 2. The molecule has 1 amide bonds. The van der Waals surface area contributed by atoms with Crippen LogP contribution in [0.5, 0.6) is 0 Å². The molecule has 0 spiro atoms. The summed E-state index contributed by atoms with van der Waals surface area (Å²) in [7, 11) is 0. The van der Waals surface area contributed by atoms with E-state index in [0.29, 0.717) is 11.3 Å². The molecular weight excluding hydrogens is 288 g/mol. The average Bonchev–Trinajstić information content (AvgIpc) is 2.99. The lowest BCUT2D eigenvalue weighted by atomic mass is 10.1. The van der Waals surface area contributed by atoms with E-state index in [1.807, 2.05) is 61.5 Å². The zero-order chi connectivity index (χ0) is 15.8. The highest BCUT2D eigenvalue weighted by atomic mass is 16.3. The number of hydrogen-bond donors (Lipinski definition) is 1. The second kappa shape index (κ2) is 5.25. The standard InChI is InChI=1S/C19H14N2O2/c1-12-9-10-13-6-4-7-15(18(13)20-12)21-19(22)17-11-14-5-2-3-8-16(14)23-17/h2-11H,1H3,(H,21,22). The van der Waals surface area contributed by atoms with Crippen molar-refractivity contribution in [2.45, 2.75) is 6.92 Å². The Hall–Kier alpha value is -3.14. The molecule has 4 heteroatoms. The number of carbonyl (C=O) groups is 1. The number of aryl methyl sites for hydroxylation is 1. The molecule has 0 aliphatic rings. The first-order chi connectivity index (χ1) is 11.2. The third-order valence-electron chi connectivity index (χ3n) is 3.76. The van der Waals surface area contributed by atoms with Crippen molar-refractivity contribution in [1.29, 1.82) is 0 Å². The fourth-order valence-corrected chi connectivity index (χ4v) is 2.62. The lowest BCUT2D eigenvalue weighted by Gasteiger charge is -2.07. The van der Waals surface area contributed by atoms with Crippen LogP contribution in [0.25, 0.3) is 21.9 Å². The molecule has 1 N–H and O–H groups in total. The summed E-state index contributed by atoms with van der Waals surface area (Å²) in [5.41, 5.74) is 3.06. The number of benzene rings is 2. The van der Waals surface area contributed by atoms with Gasteiger partial charge >= 0.3 is 0 Å². The molecule has 4 rings (SSSR count). The third-order valence-corrected chi connectivity index (χ3v) is 3.76. The van der Waals surface area contributed by atoms with Gasteiger partial charge < -0.3 is 9.73 Å². The smallest absolute Gasteiger partial charge is 0.291 e. The van der Waals surface area contributed by atoms with Gasteiger partial charge in [-0.25, -0.2) is 0 Å². The van der Waals surface area contributed by atoms with Crippen molar-refractivity contribution in [3.05, 3.63) is 72.1 Å². The molecule has 2 aromatic heterocycles. The Balaban J connectivity index is 1.72. The van der Waals surface area contributed by atoms with E-state index in [-0.39, 0.29) is 11.7 Å². The summed E-state index contributed by atoms with van der Waals surface area (Å²) in [6, 6.07) is 19.0. The van der Waals surface area contributed by atoms with Crippen molar-refractivity contribution >= 4 is 33.5 Å². The van der Waals surface area contributed by atoms with E-state index < -0.39 is 0 Å². The number of carbonyl (C=O) groups excluding carboxylic acids is 1. The van der Waals surface area contributed by atoms with Crippen molar-refractivity contribution in [1.82, 2.24) is 4.98 Å². The van der Waals surface area contributed by atoms with Gasteiger partial charge in [-0.2, -0.15) is 0 Å². The Morgan fingerprint density at radius 2 is 1.83 bits per heavy atom. The topological polar surface area (TPSA) is 55.1 Å². The highest BCUT2D eigenvalue weighted by Crippen LogP contribution is 2.24. The molecule has 4 aromatic rings. The average molecular weight is 302 g/mol. The van der Waals surface area contributed by atoms with Crippen LogP contribution >= 0.6 is 0 Å². The first-order valence-electron chi connectivity index (χ1n) is 7.37. The Morgan fingerprint density at radius 3 is 2.70 bits per heavy atom. The maximum Gasteiger partial charge on any atom is 0.291 e. The summed E-state index contributed by atoms with van der Waals surface area (Å²) in [6.07, 6.45) is 0.